The Balaban J connectivity index is 2.27. The van der Waals surface area contributed by atoms with Crippen molar-refractivity contribution in [3.63, 3.8) is 0 Å². The number of aryl methyl sites for hydroxylation is 1. The van der Waals surface area contributed by atoms with Gasteiger partial charge < -0.3 is 15.2 Å². The third-order valence-electron chi connectivity index (χ3n) is 2.90. The van der Waals surface area contributed by atoms with Crippen LogP contribution in [-0.2, 0) is 6.54 Å². The third-order valence-corrected chi connectivity index (χ3v) is 3.20. The van der Waals surface area contributed by atoms with Gasteiger partial charge in [-0.15, -0.1) is 0 Å². The van der Waals surface area contributed by atoms with Gasteiger partial charge in [-0.05, 0) is 12.5 Å². The molecule has 112 valence electrons. The second kappa shape index (κ2) is 6.49. The van der Waals surface area contributed by atoms with Crippen LogP contribution in [0.2, 0.25) is 5.02 Å². The number of ether oxygens (including phenoxy) is 1. The predicted octanol–water partition coefficient (Wildman–Crippen LogP) is 2.91. The fourth-order valence-electron chi connectivity index (χ4n) is 1.91. The van der Waals surface area contributed by atoms with Crippen molar-refractivity contribution < 1.29 is 14.6 Å². The van der Waals surface area contributed by atoms with E-state index in [0.29, 0.717) is 23.7 Å². The number of aromatic hydroxyl groups is 1. The first-order valence-corrected chi connectivity index (χ1v) is 6.84. The Morgan fingerprint density at radius 3 is 2.95 bits per heavy atom. The fraction of sp³-hybridized carbons (Fsp3) is 0.286. The Hall–Kier alpha value is -2.21. The number of nitrogens with one attached hydrogen (secondary N) is 1. The molecule has 1 amide bonds. The molecule has 1 aromatic heterocycles. The number of hydrogen-bond donors (Lipinski definition) is 2. The summed E-state index contributed by atoms with van der Waals surface area (Å²) in [5.41, 5.74) is 0.780. The zero-order valence-electron chi connectivity index (χ0n) is 11.8. The molecule has 0 radical (unpaired) electrons. The number of carbonyl (C=O) groups is 1. The highest BCUT2D eigenvalue weighted by Gasteiger charge is 2.15. The number of hydrogen-bond acceptors (Lipinski definition) is 4. The summed E-state index contributed by atoms with van der Waals surface area (Å²) in [5, 5.41) is 16.6. The van der Waals surface area contributed by atoms with Crippen LogP contribution >= 0.6 is 11.6 Å². The smallest absolute Gasteiger partial charge is 0.274 e. The summed E-state index contributed by atoms with van der Waals surface area (Å²) in [4.78, 5) is 12.3. The fourth-order valence-corrected chi connectivity index (χ4v) is 2.07. The van der Waals surface area contributed by atoms with Gasteiger partial charge in [0.1, 0.15) is 17.2 Å². The van der Waals surface area contributed by atoms with Crippen LogP contribution in [0.5, 0.6) is 11.5 Å². The number of nitrogens with zero attached hydrogens (tertiary/aromatic N) is 2. The predicted molar refractivity (Wildman–Crippen MR) is 80.1 cm³/mol. The zero-order chi connectivity index (χ0) is 15.4. The molecule has 0 saturated heterocycles. The molecular weight excluding hydrogens is 294 g/mol. The van der Waals surface area contributed by atoms with Crippen LogP contribution in [0.3, 0.4) is 0 Å². The Bertz CT molecular complexity index is 655. The molecule has 0 unspecified atom stereocenters. The Kier molecular flexibility index (Phi) is 4.70. The number of benzene rings is 1. The molecule has 0 saturated carbocycles. The monoisotopic (exact) mass is 309 g/mol. The second-order valence-electron chi connectivity index (χ2n) is 4.40. The lowest BCUT2D eigenvalue weighted by Crippen LogP contribution is -2.18. The number of methoxy groups -OCH3 is 1. The Labute approximate surface area is 127 Å². The topological polar surface area (TPSA) is 76.4 Å². The van der Waals surface area contributed by atoms with Crippen molar-refractivity contribution in [2.24, 2.45) is 0 Å². The van der Waals surface area contributed by atoms with Crippen molar-refractivity contribution in [3.8, 4) is 11.5 Å². The molecule has 0 aliphatic heterocycles. The van der Waals surface area contributed by atoms with E-state index < -0.39 is 0 Å². The lowest BCUT2D eigenvalue weighted by Gasteiger charge is -2.12. The van der Waals surface area contributed by atoms with Crippen molar-refractivity contribution in [3.05, 3.63) is 35.1 Å². The van der Waals surface area contributed by atoms with Crippen molar-refractivity contribution in [2.75, 3.05) is 12.4 Å². The molecule has 0 atom stereocenters. The molecule has 6 nitrogen and oxygen atoms in total. The van der Waals surface area contributed by atoms with Crippen LogP contribution in [0.15, 0.2) is 24.4 Å². The molecular formula is C14H16ClN3O3. The molecule has 2 rings (SSSR count). The van der Waals surface area contributed by atoms with E-state index >= 15 is 0 Å². The van der Waals surface area contributed by atoms with Gasteiger partial charge in [0, 0.05) is 24.9 Å². The van der Waals surface area contributed by atoms with Gasteiger partial charge in [-0.25, -0.2) is 0 Å². The number of phenolic OH excluding ortho intramolecular Hbond substituents is 1. The number of amides is 1. The number of phenols is 1. The van der Waals surface area contributed by atoms with Crippen LogP contribution < -0.4 is 10.1 Å². The largest absolute Gasteiger partial charge is 0.506 e. The number of carbonyl (C=O) groups excluding carboxylic acids is 1. The first-order valence-electron chi connectivity index (χ1n) is 6.46. The summed E-state index contributed by atoms with van der Waals surface area (Å²) in [6.45, 7) is 2.66. The first kappa shape index (κ1) is 15.2. The molecule has 0 aliphatic rings. The average Bonchev–Trinajstić information content (AvgIpc) is 2.91. The normalized spacial score (nSPS) is 10.4. The van der Waals surface area contributed by atoms with Crippen molar-refractivity contribution in [2.45, 2.75) is 19.9 Å². The maximum absolute atomic E-state index is 12.3. The van der Waals surface area contributed by atoms with Crippen LogP contribution in [0, 0.1) is 0 Å². The number of rotatable bonds is 5. The minimum atomic E-state index is -0.332. The van der Waals surface area contributed by atoms with E-state index in [-0.39, 0.29) is 16.7 Å². The van der Waals surface area contributed by atoms with Crippen LogP contribution in [0.25, 0.3) is 0 Å². The minimum Gasteiger partial charge on any atom is -0.506 e. The summed E-state index contributed by atoms with van der Waals surface area (Å²) in [6.07, 6.45) is 2.44. The molecule has 1 heterocycles. The molecule has 0 bridgehead atoms. The van der Waals surface area contributed by atoms with E-state index in [4.69, 9.17) is 16.3 Å². The lowest BCUT2D eigenvalue weighted by atomic mass is 10.2. The van der Waals surface area contributed by atoms with Gasteiger partial charge in [-0.3, -0.25) is 9.48 Å². The van der Waals surface area contributed by atoms with E-state index in [9.17, 15) is 9.90 Å². The summed E-state index contributed by atoms with van der Waals surface area (Å²) in [6, 6.07) is 4.42. The average molecular weight is 310 g/mol. The summed E-state index contributed by atoms with van der Waals surface area (Å²) in [5.74, 6) is -0.0940. The number of halogens is 1. The lowest BCUT2D eigenvalue weighted by molar-refractivity contribution is 0.101. The molecule has 21 heavy (non-hydrogen) atoms. The Morgan fingerprint density at radius 2 is 2.29 bits per heavy atom. The van der Waals surface area contributed by atoms with Crippen molar-refractivity contribution >= 4 is 23.2 Å². The standard InChI is InChI=1S/C14H16ClN3O3/c1-3-6-18-11(4-5-16-18)14(20)17-10-8-12(19)9(15)7-13(10)21-2/h4-5,7-8,19H,3,6H2,1-2H3,(H,17,20). The van der Waals surface area contributed by atoms with E-state index in [1.807, 2.05) is 6.92 Å². The molecule has 1 aromatic carbocycles. The van der Waals surface area contributed by atoms with Gasteiger partial charge in [-0.1, -0.05) is 18.5 Å². The van der Waals surface area contributed by atoms with Gasteiger partial charge in [0.15, 0.2) is 0 Å². The molecule has 0 aliphatic carbocycles. The van der Waals surface area contributed by atoms with Crippen LogP contribution in [0.1, 0.15) is 23.8 Å². The molecule has 2 aromatic rings. The quantitative estimate of drug-likeness (QED) is 0.890. The molecule has 0 spiro atoms. The summed E-state index contributed by atoms with van der Waals surface area (Å²) >= 11 is 5.81. The molecule has 2 N–H and O–H groups in total. The number of aromatic nitrogens is 2. The van der Waals surface area contributed by atoms with E-state index in [1.165, 1.54) is 19.2 Å². The number of anilines is 1. The maximum atomic E-state index is 12.3. The maximum Gasteiger partial charge on any atom is 0.274 e. The highest BCUT2D eigenvalue weighted by atomic mass is 35.5. The molecule has 0 fully saturated rings. The van der Waals surface area contributed by atoms with Crippen molar-refractivity contribution in [1.82, 2.24) is 9.78 Å². The van der Waals surface area contributed by atoms with Crippen molar-refractivity contribution in [1.29, 1.82) is 0 Å². The van der Waals surface area contributed by atoms with Gasteiger partial charge in [0.25, 0.3) is 5.91 Å². The van der Waals surface area contributed by atoms with Crippen LogP contribution in [0.4, 0.5) is 5.69 Å². The van der Waals surface area contributed by atoms with E-state index in [0.717, 1.165) is 6.42 Å². The van der Waals surface area contributed by atoms with Gasteiger partial charge in [0.2, 0.25) is 0 Å². The van der Waals surface area contributed by atoms with Gasteiger partial charge in [0.05, 0.1) is 17.8 Å². The van der Waals surface area contributed by atoms with Gasteiger partial charge >= 0.3 is 0 Å². The van der Waals surface area contributed by atoms with E-state index in [1.54, 1.807) is 16.9 Å². The highest BCUT2D eigenvalue weighted by Crippen LogP contribution is 2.35. The minimum absolute atomic E-state index is 0.130. The third kappa shape index (κ3) is 3.28. The van der Waals surface area contributed by atoms with Crippen LogP contribution in [-0.4, -0.2) is 27.9 Å². The second-order valence-corrected chi connectivity index (χ2v) is 4.80. The highest BCUT2D eigenvalue weighted by molar-refractivity contribution is 6.32. The first-order chi connectivity index (χ1) is 10.1. The summed E-state index contributed by atoms with van der Waals surface area (Å²) < 4.78 is 6.77. The van der Waals surface area contributed by atoms with E-state index in [2.05, 4.69) is 10.4 Å². The Morgan fingerprint density at radius 1 is 1.52 bits per heavy atom. The molecule has 7 heteroatoms. The van der Waals surface area contributed by atoms with Gasteiger partial charge in [-0.2, -0.15) is 5.10 Å². The SMILES string of the molecule is CCCn1nccc1C(=O)Nc1cc(O)c(Cl)cc1OC. The summed E-state index contributed by atoms with van der Waals surface area (Å²) in [7, 11) is 1.46. The zero-order valence-corrected chi connectivity index (χ0v) is 12.5.